The summed E-state index contributed by atoms with van der Waals surface area (Å²) in [6.07, 6.45) is 0. The van der Waals surface area contributed by atoms with Crippen LogP contribution in [0.4, 0.5) is 5.82 Å². The molecule has 0 amide bonds. The minimum Gasteiger partial charge on any atom is -0.304 e. The standard InChI is InChI=1S/C11H18ClN5/c1-8-9(2)11(14-13-10(8)12)15-17-6-4-16(3)5-7-17/h4-7H2,1-3H3,(H,14,15). The van der Waals surface area contributed by atoms with E-state index in [0.717, 1.165) is 43.1 Å². The largest absolute Gasteiger partial charge is 0.304 e. The predicted molar refractivity (Wildman–Crippen MR) is 69.2 cm³/mol. The van der Waals surface area contributed by atoms with Gasteiger partial charge in [-0.1, -0.05) is 11.6 Å². The van der Waals surface area contributed by atoms with Crippen LogP contribution in [0.15, 0.2) is 0 Å². The summed E-state index contributed by atoms with van der Waals surface area (Å²) in [7, 11) is 2.13. The monoisotopic (exact) mass is 255 g/mol. The first kappa shape index (κ1) is 12.5. The molecule has 1 fully saturated rings. The quantitative estimate of drug-likeness (QED) is 0.864. The van der Waals surface area contributed by atoms with Gasteiger partial charge in [-0.3, -0.25) is 0 Å². The fourth-order valence-corrected chi connectivity index (χ4v) is 1.93. The Morgan fingerprint density at radius 1 is 1.06 bits per heavy atom. The molecule has 0 aromatic carbocycles. The van der Waals surface area contributed by atoms with E-state index in [1.165, 1.54) is 0 Å². The van der Waals surface area contributed by atoms with E-state index in [9.17, 15) is 0 Å². The molecule has 1 aromatic heterocycles. The number of rotatable bonds is 2. The number of halogens is 1. The van der Waals surface area contributed by atoms with E-state index in [2.05, 4.69) is 32.6 Å². The molecule has 1 aliphatic rings. The summed E-state index contributed by atoms with van der Waals surface area (Å²) >= 11 is 5.93. The van der Waals surface area contributed by atoms with Gasteiger partial charge in [0.05, 0.1) is 0 Å². The zero-order chi connectivity index (χ0) is 12.4. The Balaban J connectivity index is 2.06. The summed E-state index contributed by atoms with van der Waals surface area (Å²) in [6.45, 7) is 8.06. The van der Waals surface area contributed by atoms with Crippen molar-refractivity contribution in [3.63, 3.8) is 0 Å². The number of anilines is 1. The third-order valence-electron chi connectivity index (χ3n) is 3.23. The molecule has 0 radical (unpaired) electrons. The molecule has 17 heavy (non-hydrogen) atoms. The second-order valence-corrected chi connectivity index (χ2v) is 4.85. The number of aromatic nitrogens is 2. The Hall–Kier alpha value is -0.910. The molecule has 0 atom stereocenters. The first-order valence-corrected chi connectivity index (χ1v) is 6.15. The van der Waals surface area contributed by atoms with Crippen LogP contribution in [0.25, 0.3) is 0 Å². The van der Waals surface area contributed by atoms with Crippen LogP contribution in [-0.2, 0) is 0 Å². The van der Waals surface area contributed by atoms with Crippen molar-refractivity contribution in [2.75, 3.05) is 38.7 Å². The van der Waals surface area contributed by atoms with Crippen molar-refractivity contribution in [2.24, 2.45) is 0 Å². The number of nitrogens with zero attached hydrogens (tertiary/aromatic N) is 4. The van der Waals surface area contributed by atoms with Gasteiger partial charge in [0, 0.05) is 31.7 Å². The zero-order valence-corrected chi connectivity index (χ0v) is 11.3. The lowest BCUT2D eigenvalue weighted by atomic mass is 10.2. The molecular formula is C11H18ClN5. The van der Waals surface area contributed by atoms with Crippen LogP contribution >= 0.6 is 11.6 Å². The van der Waals surface area contributed by atoms with Crippen LogP contribution in [0, 0.1) is 13.8 Å². The maximum Gasteiger partial charge on any atom is 0.166 e. The first-order valence-electron chi connectivity index (χ1n) is 5.77. The highest BCUT2D eigenvalue weighted by molar-refractivity contribution is 6.30. The summed E-state index contributed by atoms with van der Waals surface area (Å²) in [6, 6.07) is 0. The number of piperazine rings is 1. The Kier molecular flexibility index (Phi) is 3.81. The van der Waals surface area contributed by atoms with E-state index in [0.29, 0.717) is 5.15 Å². The van der Waals surface area contributed by atoms with Gasteiger partial charge in [-0.15, -0.1) is 10.2 Å². The minimum atomic E-state index is 0.478. The molecular weight excluding hydrogens is 238 g/mol. The van der Waals surface area contributed by atoms with E-state index in [1.807, 2.05) is 13.8 Å². The Bertz CT molecular complexity index is 401. The van der Waals surface area contributed by atoms with Gasteiger partial charge < -0.3 is 10.3 Å². The SMILES string of the molecule is Cc1c(Cl)nnc(NN2CCN(C)CC2)c1C. The number of nitrogens with one attached hydrogen (secondary N) is 1. The molecule has 0 spiro atoms. The third kappa shape index (κ3) is 2.86. The molecule has 94 valence electrons. The van der Waals surface area contributed by atoms with E-state index in [-0.39, 0.29) is 0 Å². The second kappa shape index (κ2) is 5.16. The van der Waals surface area contributed by atoms with Gasteiger partial charge in [-0.25, -0.2) is 5.01 Å². The third-order valence-corrected chi connectivity index (χ3v) is 3.59. The van der Waals surface area contributed by atoms with E-state index >= 15 is 0 Å². The molecule has 1 aliphatic heterocycles. The predicted octanol–water partition coefficient (Wildman–Crippen LogP) is 1.32. The van der Waals surface area contributed by atoms with Crippen LogP contribution in [0.2, 0.25) is 5.15 Å². The average molecular weight is 256 g/mol. The van der Waals surface area contributed by atoms with Crippen molar-refractivity contribution in [2.45, 2.75) is 13.8 Å². The Morgan fingerprint density at radius 3 is 2.35 bits per heavy atom. The molecule has 1 aromatic rings. The van der Waals surface area contributed by atoms with Gasteiger partial charge in [-0.05, 0) is 26.5 Å². The molecule has 2 heterocycles. The van der Waals surface area contributed by atoms with Crippen molar-refractivity contribution >= 4 is 17.4 Å². The van der Waals surface area contributed by atoms with Crippen LogP contribution in [0.1, 0.15) is 11.1 Å². The van der Waals surface area contributed by atoms with Crippen molar-refractivity contribution in [3.8, 4) is 0 Å². The Morgan fingerprint density at radius 2 is 1.71 bits per heavy atom. The molecule has 0 unspecified atom stereocenters. The molecule has 6 heteroatoms. The minimum absolute atomic E-state index is 0.478. The lowest BCUT2D eigenvalue weighted by Crippen LogP contribution is -2.47. The second-order valence-electron chi connectivity index (χ2n) is 4.49. The van der Waals surface area contributed by atoms with E-state index in [1.54, 1.807) is 0 Å². The highest BCUT2D eigenvalue weighted by Crippen LogP contribution is 2.21. The molecule has 5 nitrogen and oxygen atoms in total. The summed E-state index contributed by atoms with van der Waals surface area (Å²) in [4.78, 5) is 2.31. The fraction of sp³-hybridized carbons (Fsp3) is 0.636. The smallest absolute Gasteiger partial charge is 0.166 e. The van der Waals surface area contributed by atoms with E-state index in [4.69, 9.17) is 11.6 Å². The molecule has 1 saturated heterocycles. The van der Waals surface area contributed by atoms with Crippen LogP contribution in [0.3, 0.4) is 0 Å². The number of likely N-dealkylation sites (N-methyl/N-ethyl adjacent to an activating group) is 1. The highest BCUT2D eigenvalue weighted by atomic mass is 35.5. The maximum absolute atomic E-state index is 5.93. The normalized spacial score (nSPS) is 18.4. The van der Waals surface area contributed by atoms with Gasteiger partial charge in [0.15, 0.2) is 11.0 Å². The molecule has 0 bridgehead atoms. The molecule has 1 N–H and O–H groups in total. The summed E-state index contributed by atoms with van der Waals surface area (Å²) < 4.78 is 0. The zero-order valence-electron chi connectivity index (χ0n) is 10.5. The summed E-state index contributed by atoms with van der Waals surface area (Å²) in [5, 5.41) is 10.7. The topological polar surface area (TPSA) is 44.3 Å². The van der Waals surface area contributed by atoms with Crippen molar-refractivity contribution in [1.29, 1.82) is 0 Å². The van der Waals surface area contributed by atoms with Gasteiger partial charge in [0.2, 0.25) is 0 Å². The molecule has 0 saturated carbocycles. The number of hydrogen-bond donors (Lipinski definition) is 1. The van der Waals surface area contributed by atoms with Crippen molar-refractivity contribution < 1.29 is 0 Å². The molecule has 0 aliphatic carbocycles. The summed E-state index contributed by atoms with van der Waals surface area (Å²) in [5.74, 6) is 0.802. The van der Waals surface area contributed by atoms with Gasteiger partial charge in [0.1, 0.15) is 0 Å². The summed E-state index contributed by atoms with van der Waals surface area (Å²) in [5.41, 5.74) is 5.36. The maximum atomic E-state index is 5.93. The highest BCUT2D eigenvalue weighted by Gasteiger charge is 2.16. The average Bonchev–Trinajstić information content (AvgIpc) is 2.33. The van der Waals surface area contributed by atoms with Crippen LogP contribution in [-0.4, -0.2) is 53.3 Å². The fourth-order valence-electron chi connectivity index (χ4n) is 1.75. The number of hydrogen-bond acceptors (Lipinski definition) is 5. The van der Waals surface area contributed by atoms with Crippen LogP contribution < -0.4 is 5.43 Å². The Labute approximate surface area is 107 Å². The van der Waals surface area contributed by atoms with Gasteiger partial charge >= 0.3 is 0 Å². The lowest BCUT2D eigenvalue weighted by molar-refractivity contribution is 0.178. The van der Waals surface area contributed by atoms with E-state index < -0.39 is 0 Å². The first-order chi connectivity index (χ1) is 8.08. The lowest BCUT2D eigenvalue weighted by Gasteiger charge is -2.32. The van der Waals surface area contributed by atoms with Gasteiger partial charge in [0.25, 0.3) is 0 Å². The molecule has 2 rings (SSSR count). The van der Waals surface area contributed by atoms with Crippen LogP contribution in [0.5, 0.6) is 0 Å². The van der Waals surface area contributed by atoms with Gasteiger partial charge in [-0.2, -0.15) is 0 Å². The van der Waals surface area contributed by atoms with Crippen molar-refractivity contribution in [3.05, 3.63) is 16.3 Å². The van der Waals surface area contributed by atoms with Crippen molar-refractivity contribution in [1.82, 2.24) is 20.1 Å². The number of hydrazine groups is 1.